The van der Waals surface area contributed by atoms with Crippen LogP contribution in [-0.4, -0.2) is 0 Å². The Morgan fingerprint density at radius 1 is 1.33 bits per heavy atom. The number of nitrogens with zero attached hydrogens (tertiary/aromatic N) is 1. The summed E-state index contributed by atoms with van der Waals surface area (Å²) in [7, 11) is 0. The van der Waals surface area contributed by atoms with Gasteiger partial charge in [-0.2, -0.15) is 5.26 Å². The summed E-state index contributed by atoms with van der Waals surface area (Å²) in [4.78, 5) is 0. The average molecular weight is 157 g/mol. The summed E-state index contributed by atoms with van der Waals surface area (Å²) in [5.74, 6) is 0. The molecule has 1 aliphatic carbocycles. The standard InChI is InChI=1S/C11H11N/c12-8-7-10-4-1-3-9-5-2-6-11(9)10/h1,3-4H,2,5-7H2. The van der Waals surface area contributed by atoms with Gasteiger partial charge < -0.3 is 0 Å². The molecule has 0 spiro atoms. The molecule has 0 saturated heterocycles. The maximum Gasteiger partial charge on any atom is 0.0669 e. The quantitative estimate of drug-likeness (QED) is 0.613. The van der Waals surface area contributed by atoms with E-state index in [2.05, 4.69) is 24.3 Å². The van der Waals surface area contributed by atoms with Crippen molar-refractivity contribution in [2.24, 2.45) is 0 Å². The molecule has 1 aromatic rings. The number of nitriles is 1. The fourth-order valence-electron chi connectivity index (χ4n) is 1.95. The lowest BCUT2D eigenvalue weighted by Gasteiger charge is -2.03. The number of rotatable bonds is 1. The van der Waals surface area contributed by atoms with Crippen LogP contribution in [0.3, 0.4) is 0 Å². The lowest BCUT2D eigenvalue weighted by molar-refractivity contribution is 0.908. The molecule has 1 aliphatic rings. The first kappa shape index (κ1) is 7.36. The second kappa shape index (κ2) is 2.98. The van der Waals surface area contributed by atoms with Gasteiger partial charge in [0.25, 0.3) is 0 Å². The lowest BCUT2D eigenvalue weighted by Crippen LogP contribution is -1.90. The highest BCUT2D eigenvalue weighted by molar-refractivity contribution is 5.39. The van der Waals surface area contributed by atoms with E-state index in [4.69, 9.17) is 5.26 Å². The SMILES string of the molecule is N#CCc1cccc2c1CCC2. The van der Waals surface area contributed by atoms with Crippen LogP contribution < -0.4 is 0 Å². The highest BCUT2D eigenvalue weighted by atomic mass is 14.2. The van der Waals surface area contributed by atoms with Crippen molar-refractivity contribution >= 4 is 0 Å². The Labute approximate surface area is 72.6 Å². The smallest absolute Gasteiger partial charge is 0.0669 e. The maximum absolute atomic E-state index is 8.60. The van der Waals surface area contributed by atoms with Gasteiger partial charge in [-0.05, 0) is 36.0 Å². The Kier molecular flexibility index (Phi) is 1.83. The third-order valence-electron chi connectivity index (χ3n) is 2.51. The molecule has 1 aromatic carbocycles. The van der Waals surface area contributed by atoms with E-state index in [0.29, 0.717) is 6.42 Å². The van der Waals surface area contributed by atoms with Crippen LogP contribution in [0.5, 0.6) is 0 Å². The summed E-state index contributed by atoms with van der Waals surface area (Å²) in [5, 5.41) is 8.60. The van der Waals surface area contributed by atoms with Gasteiger partial charge in [0.15, 0.2) is 0 Å². The Hall–Kier alpha value is -1.29. The molecule has 60 valence electrons. The first-order valence-electron chi connectivity index (χ1n) is 4.38. The molecule has 2 rings (SSSR count). The highest BCUT2D eigenvalue weighted by Crippen LogP contribution is 2.25. The van der Waals surface area contributed by atoms with Crippen molar-refractivity contribution in [2.75, 3.05) is 0 Å². The van der Waals surface area contributed by atoms with E-state index < -0.39 is 0 Å². The molecule has 0 unspecified atom stereocenters. The fraction of sp³-hybridized carbons (Fsp3) is 0.364. The zero-order valence-electron chi connectivity index (χ0n) is 7.01. The minimum atomic E-state index is 0.573. The predicted molar refractivity (Wildman–Crippen MR) is 47.8 cm³/mol. The fourth-order valence-corrected chi connectivity index (χ4v) is 1.95. The third kappa shape index (κ3) is 1.10. The van der Waals surface area contributed by atoms with Crippen LogP contribution in [0.1, 0.15) is 23.1 Å². The van der Waals surface area contributed by atoms with Crippen LogP contribution >= 0.6 is 0 Å². The van der Waals surface area contributed by atoms with Crippen LogP contribution in [-0.2, 0) is 19.3 Å². The van der Waals surface area contributed by atoms with E-state index in [0.717, 1.165) is 0 Å². The molecule has 0 radical (unpaired) electrons. The first-order chi connectivity index (χ1) is 5.92. The van der Waals surface area contributed by atoms with Crippen LogP contribution in [0.15, 0.2) is 18.2 Å². The average Bonchev–Trinajstić information content (AvgIpc) is 2.53. The van der Waals surface area contributed by atoms with Gasteiger partial charge in [0.1, 0.15) is 0 Å². The van der Waals surface area contributed by atoms with Crippen molar-refractivity contribution < 1.29 is 0 Å². The Bertz CT molecular complexity index is 333. The zero-order valence-corrected chi connectivity index (χ0v) is 7.01. The van der Waals surface area contributed by atoms with Crippen LogP contribution in [0, 0.1) is 11.3 Å². The van der Waals surface area contributed by atoms with Gasteiger partial charge in [-0.15, -0.1) is 0 Å². The van der Waals surface area contributed by atoms with Gasteiger partial charge in [0.2, 0.25) is 0 Å². The summed E-state index contributed by atoms with van der Waals surface area (Å²) in [6.45, 7) is 0. The summed E-state index contributed by atoms with van der Waals surface area (Å²) in [6.07, 6.45) is 4.21. The predicted octanol–water partition coefficient (Wildman–Crippen LogP) is 2.24. The Morgan fingerprint density at radius 2 is 2.25 bits per heavy atom. The van der Waals surface area contributed by atoms with Crippen molar-refractivity contribution in [1.82, 2.24) is 0 Å². The van der Waals surface area contributed by atoms with Crippen LogP contribution in [0.2, 0.25) is 0 Å². The van der Waals surface area contributed by atoms with Crippen LogP contribution in [0.4, 0.5) is 0 Å². The van der Waals surface area contributed by atoms with E-state index in [1.165, 1.54) is 36.0 Å². The first-order valence-corrected chi connectivity index (χ1v) is 4.38. The van der Waals surface area contributed by atoms with Crippen molar-refractivity contribution in [3.05, 3.63) is 34.9 Å². The topological polar surface area (TPSA) is 23.8 Å². The van der Waals surface area contributed by atoms with Gasteiger partial charge in [-0.1, -0.05) is 18.2 Å². The van der Waals surface area contributed by atoms with E-state index in [1.54, 1.807) is 0 Å². The molecule has 0 aromatic heterocycles. The molecule has 0 atom stereocenters. The van der Waals surface area contributed by atoms with Gasteiger partial charge in [0.05, 0.1) is 12.5 Å². The van der Waals surface area contributed by atoms with Gasteiger partial charge in [-0.3, -0.25) is 0 Å². The van der Waals surface area contributed by atoms with Gasteiger partial charge in [-0.25, -0.2) is 0 Å². The van der Waals surface area contributed by atoms with Crippen molar-refractivity contribution in [3.8, 4) is 6.07 Å². The minimum absolute atomic E-state index is 0.573. The molecular formula is C11H11N. The number of fused-ring (bicyclic) bond motifs is 1. The lowest BCUT2D eigenvalue weighted by atomic mass is 10.0. The summed E-state index contributed by atoms with van der Waals surface area (Å²) in [5.41, 5.74) is 4.15. The van der Waals surface area contributed by atoms with Crippen molar-refractivity contribution in [3.63, 3.8) is 0 Å². The number of benzene rings is 1. The second-order valence-electron chi connectivity index (χ2n) is 3.24. The normalized spacial score (nSPS) is 13.9. The molecule has 1 nitrogen and oxygen atoms in total. The number of aryl methyl sites for hydroxylation is 1. The zero-order chi connectivity index (χ0) is 8.39. The van der Waals surface area contributed by atoms with Crippen LogP contribution in [0.25, 0.3) is 0 Å². The van der Waals surface area contributed by atoms with E-state index in [1.807, 2.05) is 0 Å². The van der Waals surface area contributed by atoms with E-state index in [-0.39, 0.29) is 0 Å². The molecule has 0 N–H and O–H groups in total. The van der Waals surface area contributed by atoms with Gasteiger partial charge >= 0.3 is 0 Å². The molecule has 0 heterocycles. The summed E-state index contributed by atoms with van der Waals surface area (Å²) in [6, 6.07) is 8.54. The van der Waals surface area contributed by atoms with E-state index >= 15 is 0 Å². The maximum atomic E-state index is 8.60. The molecule has 0 aliphatic heterocycles. The highest BCUT2D eigenvalue weighted by Gasteiger charge is 2.13. The largest absolute Gasteiger partial charge is 0.198 e. The van der Waals surface area contributed by atoms with Gasteiger partial charge in [0, 0.05) is 0 Å². The molecule has 0 fully saturated rings. The molecule has 0 saturated carbocycles. The molecule has 12 heavy (non-hydrogen) atoms. The molecular weight excluding hydrogens is 146 g/mol. The molecule has 0 bridgehead atoms. The summed E-state index contributed by atoms with van der Waals surface area (Å²) >= 11 is 0. The summed E-state index contributed by atoms with van der Waals surface area (Å²) < 4.78 is 0. The molecule has 0 amide bonds. The molecule has 1 heteroatoms. The van der Waals surface area contributed by atoms with Crippen molar-refractivity contribution in [1.29, 1.82) is 5.26 Å². The number of hydrogen-bond acceptors (Lipinski definition) is 1. The number of hydrogen-bond donors (Lipinski definition) is 0. The minimum Gasteiger partial charge on any atom is -0.198 e. The second-order valence-corrected chi connectivity index (χ2v) is 3.24. The Balaban J connectivity index is 2.44. The van der Waals surface area contributed by atoms with E-state index in [9.17, 15) is 0 Å². The third-order valence-corrected chi connectivity index (χ3v) is 2.51. The monoisotopic (exact) mass is 157 g/mol. The van der Waals surface area contributed by atoms with Crippen molar-refractivity contribution in [2.45, 2.75) is 25.7 Å². The Morgan fingerprint density at radius 3 is 3.08 bits per heavy atom.